The second-order valence-electron chi connectivity index (χ2n) is 7.42. The van der Waals surface area contributed by atoms with E-state index in [2.05, 4.69) is 5.32 Å². The largest absolute Gasteiger partial charge is 0.324 e. The highest BCUT2D eigenvalue weighted by atomic mass is 35.5. The molecule has 0 radical (unpaired) electrons. The second kappa shape index (κ2) is 8.74. The van der Waals surface area contributed by atoms with Gasteiger partial charge in [-0.25, -0.2) is 0 Å². The van der Waals surface area contributed by atoms with Crippen LogP contribution in [0.5, 0.6) is 0 Å². The van der Waals surface area contributed by atoms with Crippen molar-refractivity contribution < 1.29 is 9.59 Å². The summed E-state index contributed by atoms with van der Waals surface area (Å²) in [6, 6.07) is 22.0. The first kappa shape index (κ1) is 20.8. The van der Waals surface area contributed by atoms with Crippen LogP contribution in [0, 0.1) is 6.92 Å². The number of halogens is 1. The second-order valence-corrected chi connectivity index (χ2v) is 7.83. The van der Waals surface area contributed by atoms with E-state index in [9.17, 15) is 9.59 Å². The zero-order chi connectivity index (χ0) is 22.0. The van der Waals surface area contributed by atoms with Crippen LogP contribution in [-0.2, 0) is 9.59 Å². The van der Waals surface area contributed by atoms with E-state index in [1.807, 2.05) is 61.5 Å². The summed E-state index contributed by atoms with van der Waals surface area (Å²) in [7, 11) is 0. The Labute approximate surface area is 186 Å². The van der Waals surface area contributed by atoms with Crippen molar-refractivity contribution in [1.29, 1.82) is 0 Å². The van der Waals surface area contributed by atoms with E-state index < -0.39 is 6.04 Å². The zero-order valence-electron chi connectivity index (χ0n) is 17.3. The van der Waals surface area contributed by atoms with Crippen molar-refractivity contribution >= 4 is 40.5 Å². The molecule has 0 spiro atoms. The topological polar surface area (TPSA) is 61.8 Å². The predicted molar refractivity (Wildman–Crippen MR) is 125 cm³/mol. The lowest BCUT2D eigenvalue weighted by molar-refractivity contribution is -0.122. The minimum atomic E-state index is -0.622. The summed E-state index contributed by atoms with van der Waals surface area (Å²) in [5.41, 5.74) is 4.56. The van der Waals surface area contributed by atoms with Gasteiger partial charge in [-0.1, -0.05) is 66.2 Å². The molecule has 0 fully saturated rings. The van der Waals surface area contributed by atoms with Gasteiger partial charge < -0.3 is 10.2 Å². The number of hydrogen-bond donors (Lipinski definition) is 1. The Morgan fingerprint density at radius 3 is 2.52 bits per heavy atom. The SMILES string of the molecule is Cc1c(Cl)cccc1NC(=O)CN1C(=O)[C@@H](C)N=C(c2ccccc2)c2ccccc21. The molecule has 156 valence electrons. The number of carbonyl (C=O) groups excluding carboxylic acids is 2. The van der Waals surface area contributed by atoms with Gasteiger partial charge in [-0.05, 0) is 37.6 Å². The van der Waals surface area contributed by atoms with E-state index in [1.54, 1.807) is 25.1 Å². The van der Waals surface area contributed by atoms with Gasteiger partial charge >= 0.3 is 0 Å². The minimum Gasteiger partial charge on any atom is -0.324 e. The molecule has 0 bridgehead atoms. The van der Waals surface area contributed by atoms with Gasteiger partial charge in [0.05, 0.1) is 11.4 Å². The smallest absolute Gasteiger partial charge is 0.252 e. The number of nitrogens with one attached hydrogen (secondary N) is 1. The van der Waals surface area contributed by atoms with Crippen LogP contribution >= 0.6 is 11.6 Å². The van der Waals surface area contributed by atoms with Gasteiger partial charge in [0.2, 0.25) is 5.91 Å². The molecule has 1 atom stereocenters. The molecular formula is C25H22ClN3O2. The van der Waals surface area contributed by atoms with Gasteiger partial charge in [-0.2, -0.15) is 0 Å². The fourth-order valence-electron chi connectivity index (χ4n) is 3.64. The molecule has 0 aromatic heterocycles. The van der Waals surface area contributed by atoms with Crippen LogP contribution in [0.2, 0.25) is 5.02 Å². The van der Waals surface area contributed by atoms with Gasteiger partial charge in [0.25, 0.3) is 5.91 Å². The summed E-state index contributed by atoms with van der Waals surface area (Å²) in [6.45, 7) is 3.47. The van der Waals surface area contributed by atoms with Crippen molar-refractivity contribution in [1.82, 2.24) is 0 Å². The average Bonchev–Trinajstić information content (AvgIpc) is 2.88. The van der Waals surface area contributed by atoms with Crippen LogP contribution in [0.25, 0.3) is 0 Å². The first-order valence-electron chi connectivity index (χ1n) is 10.0. The highest BCUT2D eigenvalue weighted by molar-refractivity contribution is 6.31. The van der Waals surface area contributed by atoms with Crippen LogP contribution < -0.4 is 10.2 Å². The van der Waals surface area contributed by atoms with Crippen LogP contribution in [0.3, 0.4) is 0 Å². The molecule has 1 heterocycles. The Morgan fingerprint density at radius 2 is 1.74 bits per heavy atom. The number of carbonyl (C=O) groups is 2. The highest BCUT2D eigenvalue weighted by Gasteiger charge is 2.30. The molecular weight excluding hydrogens is 410 g/mol. The average molecular weight is 432 g/mol. The fourth-order valence-corrected chi connectivity index (χ4v) is 3.81. The third kappa shape index (κ3) is 4.23. The van der Waals surface area contributed by atoms with Crippen LogP contribution in [-0.4, -0.2) is 30.1 Å². The standard InChI is InChI=1S/C25H22ClN3O2/c1-16-20(26)12-8-13-21(16)28-23(30)15-29-22-14-7-6-11-19(22)24(27-17(2)25(29)31)18-9-4-3-5-10-18/h3-14,17H,15H2,1-2H3,(H,28,30)/t17-/m1/s1. The number of aliphatic imine (C=N–C) groups is 1. The van der Waals surface area contributed by atoms with E-state index in [0.29, 0.717) is 16.4 Å². The van der Waals surface area contributed by atoms with E-state index in [4.69, 9.17) is 16.6 Å². The number of nitrogens with zero attached hydrogens (tertiary/aromatic N) is 2. The molecule has 1 aliphatic rings. The van der Waals surface area contributed by atoms with Crippen molar-refractivity contribution in [2.45, 2.75) is 19.9 Å². The Kier molecular flexibility index (Phi) is 5.87. The number of benzodiazepines with no additional fused rings is 1. The van der Waals surface area contributed by atoms with Crippen LogP contribution in [0.15, 0.2) is 77.8 Å². The normalized spacial score (nSPS) is 15.7. The molecule has 31 heavy (non-hydrogen) atoms. The van der Waals surface area contributed by atoms with Crippen molar-refractivity contribution in [3.8, 4) is 0 Å². The summed E-state index contributed by atoms with van der Waals surface area (Å²) < 4.78 is 0. The highest BCUT2D eigenvalue weighted by Crippen LogP contribution is 2.29. The number of para-hydroxylation sites is 1. The molecule has 0 aliphatic carbocycles. The third-order valence-corrected chi connectivity index (χ3v) is 5.70. The number of anilines is 2. The van der Waals surface area contributed by atoms with E-state index in [1.165, 1.54) is 4.90 Å². The zero-order valence-corrected chi connectivity index (χ0v) is 18.1. The van der Waals surface area contributed by atoms with E-state index >= 15 is 0 Å². The Bertz CT molecular complexity index is 1170. The Morgan fingerprint density at radius 1 is 1.03 bits per heavy atom. The molecule has 0 unspecified atom stereocenters. The fraction of sp³-hybridized carbons (Fsp3) is 0.160. The molecule has 0 saturated heterocycles. The molecule has 0 saturated carbocycles. The molecule has 3 aromatic rings. The maximum absolute atomic E-state index is 13.2. The summed E-state index contributed by atoms with van der Waals surface area (Å²) in [5, 5.41) is 3.45. The number of fused-ring (bicyclic) bond motifs is 1. The van der Waals surface area contributed by atoms with Crippen molar-refractivity contribution in [3.63, 3.8) is 0 Å². The summed E-state index contributed by atoms with van der Waals surface area (Å²) in [5.74, 6) is -0.528. The summed E-state index contributed by atoms with van der Waals surface area (Å²) in [4.78, 5) is 32.3. The first-order chi connectivity index (χ1) is 15.0. The lowest BCUT2D eigenvalue weighted by Crippen LogP contribution is -2.42. The molecule has 1 N–H and O–H groups in total. The van der Waals surface area contributed by atoms with Gasteiger partial charge in [-0.3, -0.25) is 14.6 Å². The van der Waals surface area contributed by atoms with Crippen LogP contribution in [0.1, 0.15) is 23.6 Å². The quantitative estimate of drug-likeness (QED) is 0.641. The predicted octanol–water partition coefficient (Wildman–Crippen LogP) is 4.86. The Balaban J connectivity index is 1.68. The van der Waals surface area contributed by atoms with Crippen molar-refractivity contribution in [2.75, 3.05) is 16.8 Å². The molecule has 5 nitrogen and oxygen atoms in total. The molecule has 6 heteroatoms. The van der Waals surface area contributed by atoms with E-state index in [-0.39, 0.29) is 18.4 Å². The molecule has 2 amide bonds. The first-order valence-corrected chi connectivity index (χ1v) is 10.4. The lowest BCUT2D eigenvalue weighted by atomic mass is 10.0. The lowest BCUT2D eigenvalue weighted by Gasteiger charge is -2.24. The molecule has 3 aromatic carbocycles. The summed E-state index contributed by atoms with van der Waals surface area (Å²) in [6.07, 6.45) is 0. The van der Waals surface area contributed by atoms with Crippen LogP contribution in [0.4, 0.5) is 11.4 Å². The summed E-state index contributed by atoms with van der Waals surface area (Å²) >= 11 is 6.16. The van der Waals surface area contributed by atoms with Gasteiger partial charge in [-0.15, -0.1) is 0 Å². The van der Waals surface area contributed by atoms with Gasteiger partial charge in [0.15, 0.2) is 0 Å². The number of benzene rings is 3. The van der Waals surface area contributed by atoms with Crippen molar-refractivity contribution in [2.24, 2.45) is 4.99 Å². The maximum Gasteiger partial charge on any atom is 0.252 e. The number of hydrogen-bond acceptors (Lipinski definition) is 3. The van der Waals surface area contributed by atoms with Crippen molar-refractivity contribution in [3.05, 3.63) is 94.5 Å². The maximum atomic E-state index is 13.2. The number of rotatable bonds is 4. The third-order valence-electron chi connectivity index (χ3n) is 5.29. The molecule has 4 rings (SSSR count). The Hall–Kier alpha value is -3.44. The van der Waals surface area contributed by atoms with Gasteiger partial charge in [0, 0.05) is 21.8 Å². The minimum absolute atomic E-state index is 0.121. The van der Waals surface area contributed by atoms with Gasteiger partial charge in [0.1, 0.15) is 12.6 Å². The monoisotopic (exact) mass is 431 g/mol. The number of amides is 2. The van der Waals surface area contributed by atoms with E-state index in [0.717, 1.165) is 22.4 Å². The molecule has 1 aliphatic heterocycles.